The van der Waals surface area contributed by atoms with Crippen LogP contribution in [-0.2, 0) is 9.59 Å². The van der Waals surface area contributed by atoms with Crippen molar-refractivity contribution in [1.82, 2.24) is 5.32 Å². The van der Waals surface area contributed by atoms with Crippen LogP contribution in [0.3, 0.4) is 0 Å². The Balaban J connectivity index is 3.50. The second-order valence-electron chi connectivity index (χ2n) is 6.38. The minimum absolute atomic E-state index is 0.202. The van der Waals surface area contributed by atoms with Crippen molar-refractivity contribution < 1.29 is 9.59 Å². The highest BCUT2D eigenvalue weighted by molar-refractivity contribution is 5.97. The van der Waals surface area contributed by atoms with Crippen LogP contribution in [0, 0.1) is 0 Å². The summed E-state index contributed by atoms with van der Waals surface area (Å²) in [7, 11) is 0. The zero-order valence-electron chi connectivity index (χ0n) is 14.9. The standard InChI is InChI=1S/C18H37N3O2/c1-2-3-4-5-6-7-8-9-10-14-17(22)21-18(23)16(20)13-11-12-15-19/h16H,2-15,19-20H2,1H3,(H,21,22,23). The number of unbranched alkanes of at least 4 members (excludes halogenated alkanes) is 9. The molecule has 0 bridgehead atoms. The summed E-state index contributed by atoms with van der Waals surface area (Å²) in [5, 5.41) is 2.40. The fraction of sp³-hybridized carbons (Fsp3) is 0.889. The topological polar surface area (TPSA) is 98.2 Å². The summed E-state index contributed by atoms with van der Waals surface area (Å²) in [5.74, 6) is -0.560. The molecule has 0 heterocycles. The molecule has 0 aliphatic rings. The molecule has 136 valence electrons. The Bertz CT molecular complexity index is 309. The highest BCUT2D eigenvalue weighted by Crippen LogP contribution is 2.10. The van der Waals surface area contributed by atoms with E-state index in [0.717, 1.165) is 25.7 Å². The van der Waals surface area contributed by atoms with Crippen molar-refractivity contribution in [3.8, 4) is 0 Å². The number of nitrogens with one attached hydrogen (secondary N) is 1. The van der Waals surface area contributed by atoms with Gasteiger partial charge >= 0.3 is 0 Å². The minimum Gasteiger partial charge on any atom is -0.330 e. The lowest BCUT2D eigenvalue weighted by Crippen LogP contribution is -2.43. The maximum Gasteiger partial charge on any atom is 0.243 e. The molecule has 0 fully saturated rings. The van der Waals surface area contributed by atoms with Gasteiger partial charge in [-0.2, -0.15) is 0 Å². The van der Waals surface area contributed by atoms with Crippen LogP contribution in [0.25, 0.3) is 0 Å². The third-order valence-electron chi connectivity index (χ3n) is 4.08. The molecule has 0 aromatic carbocycles. The first-order valence-electron chi connectivity index (χ1n) is 9.41. The average molecular weight is 328 g/mol. The van der Waals surface area contributed by atoms with Gasteiger partial charge in [-0.1, -0.05) is 64.7 Å². The van der Waals surface area contributed by atoms with E-state index in [1.165, 1.54) is 44.9 Å². The molecule has 5 N–H and O–H groups in total. The summed E-state index contributed by atoms with van der Waals surface area (Å²) in [6.07, 6.45) is 13.6. The third-order valence-corrected chi connectivity index (χ3v) is 4.08. The lowest BCUT2D eigenvalue weighted by molar-refractivity contribution is -0.131. The molecule has 0 radical (unpaired) electrons. The van der Waals surface area contributed by atoms with E-state index in [-0.39, 0.29) is 11.8 Å². The first kappa shape index (κ1) is 22.1. The van der Waals surface area contributed by atoms with Gasteiger partial charge in [0.25, 0.3) is 0 Å². The molecule has 5 nitrogen and oxygen atoms in total. The molecule has 0 rings (SSSR count). The van der Waals surface area contributed by atoms with E-state index < -0.39 is 6.04 Å². The minimum atomic E-state index is -0.603. The van der Waals surface area contributed by atoms with Crippen LogP contribution in [0.5, 0.6) is 0 Å². The molecule has 5 heteroatoms. The summed E-state index contributed by atoms with van der Waals surface area (Å²) < 4.78 is 0. The summed E-state index contributed by atoms with van der Waals surface area (Å²) in [6.45, 7) is 2.83. The molecular formula is C18H37N3O2. The quantitative estimate of drug-likeness (QED) is 0.403. The Morgan fingerprint density at radius 2 is 1.43 bits per heavy atom. The van der Waals surface area contributed by atoms with Crippen LogP contribution < -0.4 is 16.8 Å². The van der Waals surface area contributed by atoms with E-state index >= 15 is 0 Å². The molecule has 1 unspecified atom stereocenters. The van der Waals surface area contributed by atoms with Crippen molar-refractivity contribution in [2.24, 2.45) is 11.5 Å². The molecule has 0 aliphatic carbocycles. The Morgan fingerprint density at radius 3 is 2.00 bits per heavy atom. The number of carbonyl (C=O) groups excluding carboxylic acids is 2. The van der Waals surface area contributed by atoms with Crippen LogP contribution in [-0.4, -0.2) is 24.4 Å². The molecule has 2 amide bonds. The van der Waals surface area contributed by atoms with E-state index in [9.17, 15) is 9.59 Å². The number of amides is 2. The van der Waals surface area contributed by atoms with Crippen LogP contribution >= 0.6 is 0 Å². The highest BCUT2D eigenvalue weighted by atomic mass is 16.2. The Labute approximate surface area is 141 Å². The molecule has 0 saturated heterocycles. The molecule has 23 heavy (non-hydrogen) atoms. The van der Waals surface area contributed by atoms with Gasteiger partial charge in [-0.15, -0.1) is 0 Å². The normalized spacial score (nSPS) is 12.1. The summed E-state index contributed by atoms with van der Waals surface area (Å²) in [4.78, 5) is 23.4. The van der Waals surface area contributed by atoms with E-state index in [4.69, 9.17) is 11.5 Å². The number of nitrogens with two attached hydrogens (primary N) is 2. The van der Waals surface area contributed by atoms with Crippen molar-refractivity contribution in [3.63, 3.8) is 0 Å². The second-order valence-corrected chi connectivity index (χ2v) is 6.38. The van der Waals surface area contributed by atoms with Crippen LogP contribution in [0.2, 0.25) is 0 Å². The number of carbonyl (C=O) groups is 2. The first-order chi connectivity index (χ1) is 11.1. The zero-order chi connectivity index (χ0) is 17.3. The van der Waals surface area contributed by atoms with Gasteiger partial charge in [0, 0.05) is 6.42 Å². The van der Waals surface area contributed by atoms with E-state index in [1.807, 2.05) is 0 Å². The molecular weight excluding hydrogens is 290 g/mol. The van der Waals surface area contributed by atoms with Gasteiger partial charge in [0.15, 0.2) is 0 Å². The Morgan fingerprint density at radius 1 is 0.870 bits per heavy atom. The summed E-state index contributed by atoms with van der Waals surface area (Å²) in [6, 6.07) is -0.603. The Hall–Kier alpha value is -0.940. The predicted octanol–water partition coefficient (Wildman–Crippen LogP) is 3.01. The van der Waals surface area contributed by atoms with Crippen LogP contribution in [0.15, 0.2) is 0 Å². The molecule has 1 atom stereocenters. The largest absolute Gasteiger partial charge is 0.330 e. The summed E-state index contributed by atoms with van der Waals surface area (Å²) >= 11 is 0. The van der Waals surface area contributed by atoms with E-state index in [0.29, 0.717) is 19.4 Å². The van der Waals surface area contributed by atoms with Crippen LogP contribution in [0.1, 0.15) is 90.4 Å². The van der Waals surface area contributed by atoms with Gasteiger partial charge in [0.1, 0.15) is 0 Å². The maximum absolute atomic E-state index is 11.7. The lowest BCUT2D eigenvalue weighted by atomic mass is 10.1. The molecule has 0 aromatic heterocycles. The highest BCUT2D eigenvalue weighted by Gasteiger charge is 2.15. The number of hydrogen-bond acceptors (Lipinski definition) is 4. The predicted molar refractivity (Wildman–Crippen MR) is 95.9 cm³/mol. The van der Waals surface area contributed by atoms with Crippen molar-refractivity contribution in [2.75, 3.05) is 6.54 Å². The van der Waals surface area contributed by atoms with Crippen molar-refractivity contribution in [2.45, 2.75) is 96.4 Å². The average Bonchev–Trinajstić information content (AvgIpc) is 2.53. The molecule has 0 spiro atoms. The van der Waals surface area contributed by atoms with Gasteiger partial charge in [0.2, 0.25) is 11.8 Å². The SMILES string of the molecule is CCCCCCCCCCCC(=O)NC(=O)C(N)CCCCN. The fourth-order valence-corrected chi connectivity index (χ4v) is 2.53. The van der Waals surface area contributed by atoms with Gasteiger partial charge in [-0.25, -0.2) is 0 Å². The van der Waals surface area contributed by atoms with E-state index in [2.05, 4.69) is 12.2 Å². The first-order valence-corrected chi connectivity index (χ1v) is 9.41. The third kappa shape index (κ3) is 14.4. The Kier molecular flexibility index (Phi) is 15.3. The lowest BCUT2D eigenvalue weighted by Gasteiger charge is -2.11. The van der Waals surface area contributed by atoms with Gasteiger partial charge in [0.05, 0.1) is 6.04 Å². The molecule has 0 saturated carbocycles. The van der Waals surface area contributed by atoms with Crippen molar-refractivity contribution in [1.29, 1.82) is 0 Å². The summed E-state index contributed by atoms with van der Waals surface area (Å²) in [5.41, 5.74) is 11.1. The van der Waals surface area contributed by atoms with Crippen molar-refractivity contribution >= 4 is 11.8 Å². The fourth-order valence-electron chi connectivity index (χ4n) is 2.53. The number of hydrogen-bond donors (Lipinski definition) is 3. The zero-order valence-corrected chi connectivity index (χ0v) is 14.9. The second kappa shape index (κ2) is 15.9. The number of rotatable bonds is 15. The van der Waals surface area contributed by atoms with Gasteiger partial charge in [-0.3, -0.25) is 14.9 Å². The van der Waals surface area contributed by atoms with Crippen molar-refractivity contribution in [3.05, 3.63) is 0 Å². The molecule has 0 aromatic rings. The van der Waals surface area contributed by atoms with Gasteiger partial charge < -0.3 is 11.5 Å². The van der Waals surface area contributed by atoms with Crippen LogP contribution in [0.4, 0.5) is 0 Å². The van der Waals surface area contributed by atoms with E-state index in [1.54, 1.807) is 0 Å². The monoisotopic (exact) mass is 327 g/mol. The van der Waals surface area contributed by atoms with Gasteiger partial charge in [-0.05, 0) is 25.8 Å². The smallest absolute Gasteiger partial charge is 0.243 e. The number of imide groups is 1. The maximum atomic E-state index is 11.7. The molecule has 0 aliphatic heterocycles.